The smallest absolute Gasteiger partial charge is 0.455 e. The largest absolute Gasteiger partial charge is 0.508 e. The Hall–Kier alpha value is -4.74. The van der Waals surface area contributed by atoms with Crippen LogP contribution in [0, 0.1) is 17.8 Å². The Morgan fingerprint density at radius 2 is 1.69 bits per heavy atom. The molecule has 3 saturated heterocycles. The van der Waals surface area contributed by atoms with Crippen LogP contribution in [0.4, 0.5) is 0 Å². The van der Waals surface area contributed by atoms with Crippen molar-refractivity contribution >= 4 is 42.2 Å². The Morgan fingerprint density at radius 1 is 0.945 bits per heavy atom. The quantitative estimate of drug-likeness (QED) is 0.0932. The van der Waals surface area contributed by atoms with Crippen LogP contribution >= 0.6 is 11.6 Å². The summed E-state index contributed by atoms with van der Waals surface area (Å²) >= 11 is 6.54. The zero-order valence-corrected chi connectivity index (χ0v) is 31.4. The van der Waals surface area contributed by atoms with Gasteiger partial charge in [0.15, 0.2) is 0 Å². The van der Waals surface area contributed by atoms with Crippen LogP contribution in [0.3, 0.4) is 0 Å². The van der Waals surface area contributed by atoms with Crippen LogP contribution in [0.2, 0.25) is 11.3 Å². The maximum atomic E-state index is 14.6. The number of pyridine rings is 1. The van der Waals surface area contributed by atoms with Gasteiger partial charge in [-0.1, -0.05) is 66.2 Å². The van der Waals surface area contributed by atoms with Crippen LogP contribution in [0.1, 0.15) is 48.9 Å². The Balaban J connectivity index is 1.07. The van der Waals surface area contributed by atoms with E-state index in [4.69, 9.17) is 21.0 Å². The molecular weight excluding hydrogens is 713 g/mol. The zero-order chi connectivity index (χ0) is 37.9. The number of para-hydroxylation sites is 1. The van der Waals surface area contributed by atoms with E-state index in [0.29, 0.717) is 30.0 Å². The lowest BCUT2D eigenvalue weighted by molar-refractivity contribution is -0.144. The number of allylic oxidation sites excluding steroid dienone is 1. The topological polar surface area (TPSA) is 112 Å². The number of carbonyl (C=O) groups excluding carboxylic acids is 2. The first kappa shape index (κ1) is 37.2. The number of imide groups is 1. The van der Waals surface area contributed by atoms with Crippen molar-refractivity contribution in [3.05, 3.63) is 136 Å². The number of aromatic nitrogens is 1. The number of hydrogen-bond acceptors (Lipinski definition) is 8. The fraction of sp³-hybridized carbons (Fsp3) is 0.341. The minimum Gasteiger partial charge on any atom is -0.508 e. The summed E-state index contributed by atoms with van der Waals surface area (Å²) in [5, 5.41) is 21.6. The summed E-state index contributed by atoms with van der Waals surface area (Å²) in [4.78, 5) is 37.5. The van der Waals surface area contributed by atoms with Gasteiger partial charge in [-0.3, -0.25) is 24.4 Å². The van der Waals surface area contributed by atoms with Gasteiger partial charge in [-0.15, -0.1) is 0 Å². The van der Waals surface area contributed by atoms with Crippen molar-refractivity contribution in [2.24, 2.45) is 17.8 Å². The number of piperidine rings is 1. The number of nitrogens with zero attached hydrogens (tertiary/aromatic N) is 3. The molecule has 4 aromatic rings. The summed E-state index contributed by atoms with van der Waals surface area (Å²) < 4.78 is 12.7. The molecule has 2 amide bonds. The number of carbonyl (C=O) groups is 2. The number of aromatic hydroxyl groups is 1. The van der Waals surface area contributed by atoms with Gasteiger partial charge in [-0.2, -0.15) is 0 Å². The standard InChI is InChI=1S/C44H45BClN3O6/c46-38-25-34(50)16-14-30(38)23-31(39-13-7-8-20-47-39)15-17-40-41-32(28-54-35-11-5-2-6-12-35)24-36-42(37(41)26-45(53)55-40)44(52)49(43(36)51)33-18-21-48(22-19-33)27-29-9-3-1-4-10-29/h1-14,16,20,23,25,33,36-37,40,42,50,53H,15,17-19,21-22,24,26-28H2/b31-23-/t36-,37+,40-,42-/m1/s1. The Bertz CT molecular complexity index is 2060. The van der Waals surface area contributed by atoms with Crippen molar-refractivity contribution in [2.45, 2.75) is 57.1 Å². The SMILES string of the molecule is O=C1[C@@H]2[C@@H](CC(COc3ccccc3)=C3[C@@H](CC/C(=C/c4ccc(O)cc4Cl)c4ccccn4)OB(O)C[C@@H]32)C(=O)N1C1CCN(Cc2ccccc2)CC1. The molecule has 8 rings (SSSR count). The number of phenolic OH excluding ortho intramolecular Hbond substituents is 1. The van der Waals surface area contributed by atoms with Crippen LogP contribution in [-0.4, -0.2) is 75.7 Å². The maximum Gasteiger partial charge on any atom is 0.455 e. The first-order valence-electron chi connectivity index (χ1n) is 19.3. The molecule has 3 aliphatic heterocycles. The van der Waals surface area contributed by atoms with Crippen LogP contribution < -0.4 is 4.74 Å². The Morgan fingerprint density at radius 3 is 2.42 bits per heavy atom. The highest BCUT2D eigenvalue weighted by molar-refractivity contribution is 6.43. The number of fused-ring (bicyclic) bond motifs is 3. The van der Waals surface area contributed by atoms with E-state index in [1.807, 2.05) is 60.7 Å². The van der Waals surface area contributed by atoms with E-state index in [-0.39, 0.29) is 42.5 Å². The van der Waals surface area contributed by atoms with Crippen LogP contribution in [0.15, 0.2) is 114 Å². The fourth-order valence-corrected chi connectivity index (χ4v) is 9.31. The molecular formula is C44H45BClN3O6. The van der Waals surface area contributed by atoms with Gasteiger partial charge >= 0.3 is 7.12 Å². The predicted molar refractivity (Wildman–Crippen MR) is 213 cm³/mol. The number of ether oxygens (including phenoxy) is 1. The lowest BCUT2D eigenvalue weighted by Crippen LogP contribution is -2.48. The molecule has 4 atom stereocenters. The molecule has 4 heterocycles. The fourth-order valence-electron chi connectivity index (χ4n) is 9.08. The third kappa shape index (κ3) is 8.14. The Labute approximate surface area is 327 Å². The average molecular weight is 758 g/mol. The van der Waals surface area contributed by atoms with Gasteiger partial charge in [-0.05, 0) is 121 Å². The van der Waals surface area contributed by atoms with Gasteiger partial charge in [0.25, 0.3) is 0 Å². The molecule has 3 fully saturated rings. The minimum atomic E-state index is -1.10. The molecule has 282 valence electrons. The van der Waals surface area contributed by atoms with Gasteiger partial charge in [0, 0.05) is 31.9 Å². The van der Waals surface area contributed by atoms with Crippen molar-refractivity contribution in [1.82, 2.24) is 14.8 Å². The third-order valence-corrected chi connectivity index (χ3v) is 12.0. The molecule has 1 aliphatic carbocycles. The minimum absolute atomic E-state index is 0.0805. The van der Waals surface area contributed by atoms with Gasteiger partial charge in [-0.25, -0.2) is 0 Å². The molecule has 0 saturated carbocycles. The second-order valence-corrected chi connectivity index (χ2v) is 15.5. The summed E-state index contributed by atoms with van der Waals surface area (Å²) in [7, 11) is -1.10. The summed E-state index contributed by atoms with van der Waals surface area (Å²) in [5.41, 5.74) is 5.58. The second kappa shape index (κ2) is 16.6. The number of likely N-dealkylation sites (tertiary alicyclic amines) is 2. The van der Waals surface area contributed by atoms with E-state index in [1.54, 1.807) is 23.2 Å². The molecule has 1 aromatic heterocycles. The number of amides is 2. The van der Waals surface area contributed by atoms with E-state index in [2.05, 4.69) is 34.1 Å². The van der Waals surface area contributed by atoms with Crippen molar-refractivity contribution < 1.29 is 29.1 Å². The number of rotatable bonds is 11. The predicted octanol–water partition coefficient (Wildman–Crippen LogP) is 7.30. The monoisotopic (exact) mass is 757 g/mol. The maximum absolute atomic E-state index is 14.6. The van der Waals surface area contributed by atoms with Crippen LogP contribution in [0.25, 0.3) is 11.6 Å². The lowest BCUT2D eigenvalue weighted by atomic mass is 9.58. The van der Waals surface area contributed by atoms with E-state index in [0.717, 1.165) is 60.5 Å². The van der Waals surface area contributed by atoms with Gasteiger partial charge < -0.3 is 19.5 Å². The Kier molecular flexibility index (Phi) is 11.2. The summed E-state index contributed by atoms with van der Waals surface area (Å²) in [5.74, 6) is -0.862. The van der Waals surface area contributed by atoms with Crippen molar-refractivity contribution in [3.8, 4) is 11.5 Å². The summed E-state index contributed by atoms with van der Waals surface area (Å²) in [6.45, 7) is 2.72. The number of benzene rings is 3. The van der Waals surface area contributed by atoms with Gasteiger partial charge in [0.1, 0.15) is 18.1 Å². The normalized spacial score (nSPS) is 23.6. The average Bonchev–Trinajstić information content (AvgIpc) is 3.46. The molecule has 11 heteroatoms. The van der Waals surface area contributed by atoms with Crippen LogP contribution in [-0.2, 0) is 20.8 Å². The van der Waals surface area contributed by atoms with E-state index < -0.39 is 25.1 Å². The van der Waals surface area contributed by atoms with E-state index in [9.17, 15) is 19.7 Å². The number of halogens is 1. The highest BCUT2D eigenvalue weighted by Crippen LogP contribution is 2.51. The first-order chi connectivity index (χ1) is 26.8. The molecule has 0 radical (unpaired) electrons. The highest BCUT2D eigenvalue weighted by atomic mass is 35.5. The molecule has 3 aromatic carbocycles. The van der Waals surface area contributed by atoms with E-state index in [1.165, 1.54) is 11.6 Å². The van der Waals surface area contributed by atoms with Crippen molar-refractivity contribution in [2.75, 3.05) is 19.7 Å². The van der Waals surface area contributed by atoms with E-state index >= 15 is 0 Å². The molecule has 0 unspecified atom stereocenters. The molecule has 9 nitrogen and oxygen atoms in total. The highest BCUT2D eigenvalue weighted by Gasteiger charge is 2.58. The number of phenols is 1. The summed E-state index contributed by atoms with van der Waals surface area (Å²) in [6.07, 6.45) is 6.29. The molecule has 0 spiro atoms. The summed E-state index contributed by atoms with van der Waals surface area (Å²) in [6, 6.07) is 30.4. The van der Waals surface area contributed by atoms with Crippen molar-refractivity contribution in [3.63, 3.8) is 0 Å². The zero-order valence-electron chi connectivity index (χ0n) is 30.7. The van der Waals surface area contributed by atoms with Gasteiger partial charge in [0.2, 0.25) is 11.8 Å². The molecule has 2 N–H and O–H groups in total. The molecule has 55 heavy (non-hydrogen) atoms. The van der Waals surface area contributed by atoms with Crippen molar-refractivity contribution in [1.29, 1.82) is 0 Å². The first-order valence-corrected chi connectivity index (χ1v) is 19.7. The third-order valence-electron chi connectivity index (χ3n) is 11.7. The van der Waals surface area contributed by atoms with Crippen LogP contribution in [0.5, 0.6) is 11.5 Å². The second-order valence-electron chi connectivity index (χ2n) is 15.1. The van der Waals surface area contributed by atoms with Gasteiger partial charge in [0.05, 0.1) is 28.7 Å². The lowest BCUT2D eigenvalue weighted by Gasteiger charge is -2.43. The number of hydrogen-bond donors (Lipinski definition) is 2. The molecule has 4 aliphatic rings. The molecule has 0 bridgehead atoms.